The van der Waals surface area contributed by atoms with Gasteiger partial charge in [-0.1, -0.05) is 5.21 Å². The zero-order valence-electron chi connectivity index (χ0n) is 9.28. The summed E-state index contributed by atoms with van der Waals surface area (Å²) in [5.74, 6) is 0. The molecular formula is C8H7F3N6O2. The normalized spacial score (nSPS) is 11.7. The number of aromatic nitrogens is 5. The van der Waals surface area contributed by atoms with Crippen molar-refractivity contribution in [3.8, 4) is 0 Å². The van der Waals surface area contributed by atoms with Gasteiger partial charge in [0.05, 0.1) is 17.7 Å². The van der Waals surface area contributed by atoms with Crippen LogP contribution < -0.4 is 0 Å². The van der Waals surface area contributed by atoms with E-state index in [2.05, 4.69) is 15.4 Å². The smallest absolute Gasteiger partial charge is 0.259 e. The molecule has 0 aliphatic rings. The number of halogens is 3. The van der Waals surface area contributed by atoms with E-state index in [-0.39, 0.29) is 17.9 Å². The van der Waals surface area contributed by atoms with E-state index in [9.17, 15) is 23.3 Å². The van der Waals surface area contributed by atoms with Crippen LogP contribution in [0.3, 0.4) is 0 Å². The summed E-state index contributed by atoms with van der Waals surface area (Å²) in [4.78, 5) is 9.80. The van der Waals surface area contributed by atoms with Crippen LogP contribution in [0.1, 0.15) is 5.69 Å². The Kier molecular flexibility index (Phi) is 3.19. The van der Waals surface area contributed by atoms with Gasteiger partial charge < -0.3 is 0 Å². The standard InChI is InChI=1S/C8H7F3N6O2/c9-8(10,11)5-16-3-6(13-14-16)2-15-4-7(1-12-15)17(18)19/h1,3-4H,2,5H2. The summed E-state index contributed by atoms with van der Waals surface area (Å²) < 4.78 is 38.1. The van der Waals surface area contributed by atoms with E-state index in [1.807, 2.05) is 0 Å². The van der Waals surface area contributed by atoms with Gasteiger partial charge in [0, 0.05) is 0 Å². The molecule has 2 heterocycles. The molecule has 2 aromatic heterocycles. The van der Waals surface area contributed by atoms with Crippen molar-refractivity contribution in [3.63, 3.8) is 0 Å². The molecule has 0 bridgehead atoms. The highest BCUT2D eigenvalue weighted by molar-refractivity contribution is 5.21. The van der Waals surface area contributed by atoms with Gasteiger partial charge in [-0.05, 0) is 0 Å². The van der Waals surface area contributed by atoms with Crippen LogP contribution in [0.2, 0.25) is 0 Å². The van der Waals surface area contributed by atoms with Crippen LogP contribution in [0.15, 0.2) is 18.6 Å². The molecule has 0 saturated heterocycles. The number of hydrogen-bond donors (Lipinski definition) is 0. The van der Waals surface area contributed by atoms with Crippen molar-refractivity contribution in [2.75, 3.05) is 0 Å². The number of nitrogens with zero attached hydrogens (tertiary/aromatic N) is 6. The predicted octanol–water partition coefficient (Wildman–Crippen LogP) is 0.993. The monoisotopic (exact) mass is 276 g/mol. The maximum atomic E-state index is 12.1. The fourth-order valence-corrected chi connectivity index (χ4v) is 1.37. The summed E-state index contributed by atoms with van der Waals surface area (Å²) in [6, 6.07) is 0. The molecule has 0 aliphatic heterocycles. The van der Waals surface area contributed by atoms with Gasteiger partial charge in [0.25, 0.3) is 0 Å². The molecular weight excluding hydrogens is 269 g/mol. The van der Waals surface area contributed by atoms with Gasteiger partial charge in [-0.3, -0.25) is 14.8 Å². The van der Waals surface area contributed by atoms with Crippen LogP contribution in [0.25, 0.3) is 0 Å². The van der Waals surface area contributed by atoms with E-state index in [0.717, 1.165) is 18.6 Å². The Hall–Kier alpha value is -2.46. The molecule has 0 atom stereocenters. The van der Waals surface area contributed by atoms with E-state index in [4.69, 9.17) is 0 Å². The first-order valence-corrected chi connectivity index (χ1v) is 4.96. The van der Waals surface area contributed by atoms with Gasteiger partial charge in [0.2, 0.25) is 0 Å². The molecule has 0 amide bonds. The molecule has 11 heteroatoms. The first kappa shape index (κ1) is 13.0. The Labute approximate surface area is 103 Å². The van der Waals surface area contributed by atoms with Crippen molar-refractivity contribution in [3.05, 3.63) is 34.4 Å². The first-order chi connectivity index (χ1) is 8.83. The quantitative estimate of drug-likeness (QED) is 0.613. The highest BCUT2D eigenvalue weighted by Gasteiger charge is 2.28. The lowest BCUT2D eigenvalue weighted by Crippen LogP contribution is -2.18. The molecule has 2 rings (SSSR count). The first-order valence-electron chi connectivity index (χ1n) is 4.96. The Bertz CT molecular complexity index is 589. The van der Waals surface area contributed by atoms with E-state index < -0.39 is 17.6 Å². The zero-order valence-corrected chi connectivity index (χ0v) is 9.28. The fraction of sp³-hybridized carbons (Fsp3) is 0.375. The summed E-state index contributed by atoms with van der Waals surface area (Å²) in [6.07, 6.45) is -1.07. The highest BCUT2D eigenvalue weighted by atomic mass is 19.4. The minimum atomic E-state index is -4.38. The van der Waals surface area contributed by atoms with Crippen LogP contribution in [0, 0.1) is 10.1 Å². The van der Waals surface area contributed by atoms with Crippen molar-refractivity contribution < 1.29 is 18.1 Å². The topological polar surface area (TPSA) is 91.7 Å². The minimum Gasteiger partial charge on any atom is -0.259 e. The molecule has 0 N–H and O–H groups in total. The Morgan fingerprint density at radius 3 is 2.63 bits per heavy atom. The average Bonchev–Trinajstić information content (AvgIpc) is 2.86. The van der Waals surface area contributed by atoms with Crippen LogP contribution in [0.5, 0.6) is 0 Å². The summed E-state index contributed by atoms with van der Waals surface area (Å²) in [7, 11) is 0. The van der Waals surface area contributed by atoms with E-state index >= 15 is 0 Å². The molecule has 0 aliphatic carbocycles. The van der Waals surface area contributed by atoms with Gasteiger partial charge in [-0.2, -0.15) is 18.3 Å². The third-order valence-electron chi connectivity index (χ3n) is 2.08. The van der Waals surface area contributed by atoms with Crippen LogP contribution in [0.4, 0.5) is 18.9 Å². The van der Waals surface area contributed by atoms with Crippen molar-refractivity contribution in [2.24, 2.45) is 0 Å². The second kappa shape index (κ2) is 4.66. The molecule has 0 fully saturated rings. The molecule has 0 unspecified atom stereocenters. The average molecular weight is 276 g/mol. The third kappa shape index (κ3) is 3.50. The van der Waals surface area contributed by atoms with Crippen LogP contribution in [-0.4, -0.2) is 35.9 Å². The maximum Gasteiger partial charge on any atom is 0.408 e. The van der Waals surface area contributed by atoms with Gasteiger partial charge >= 0.3 is 11.9 Å². The summed E-state index contributed by atoms with van der Waals surface area (Å²) in [5, 5.41) is 21.0. The SMILES string of the molecule is O=[N+]([O-])c1cnn(Cc2cn(CC(F)(F)F)nn2)c1. The Morgan fingerprint density at radius 1 is 1.32 bits per heavy atom. The molecule has 0 radical (unpaired) electrons. The summed E-state index contributed by atoms with van der Waals surface area (Å²) >= 11 is 0. The van der Waals surface area contributed by atoms with E-state index in [1.165, 1.54) is 4.68 Å². The van der Waals surface area contributed by atoms with E-state index in [1.54, 1.807) is 0 Å². The largest absolute Gasteiger partial charge is 0.408 e. The zero-order chi connectivity index (χ0) is 14.0. The lowest BCUT2D eigenvalue weighted by atomic mass is 10.4. The van der Waals surface area contributed by atoms with Crippen molar-refractivity contribution in [1.29, 1.82) is 0 Å². The third-order valence-corrected chi connectivity index (χ3v) is 2.08. The van der Waals surface area contributed by atoms with Gasteiger partial charge in [-0.25, -0.2) is 4.68 Å². The Morgan fingerprint density at radius 2 is 2.05 bits per heavy atom. The number of alkyl halides is 3. The second-order valence-electron chi connectivity index (χ2n) is 3.68. The Balaban J connectivity index is 2.05. The molecule has 0 spiro atoms. The van der Waals surface area contributed by atoms with Crippen molar-refractivity contribution >= 4 is 5.69 Å². The number of rotatable bonds is 4. The molecule has 102 valence electrons. The second-order valence-corrected chi connectivity index (χ2v) is 3.68. The highest BCUT2D eigenvalue weighted by Crippen LogP contribution is 2.17. The van der Waals surface area contributed by atoms with Crippen molar-refractivity contribution in [1.82, 2.24) is 24.8 Å². The van der Waals surface area contributed by atoms with Gasteiger partial charge in [0.1, 0.15) is 24.6 Å². The van der Waals surface area contributed by atoms with Crippen LogP contribution >= 0.6 is 0 Å². The molecule has 0 aromatic carbocycles. The lowest BCUT2D eigenvalue weighted by Gasteiger charge is -2.03. The lowest BCUT2D eigenvalue weighted by molar-refractivity contribution is -0.385. The molecule has 2 aromatic rings. The van der Waals surface area contributed by atoms with Gasteiger partial charge in [-0.15, -0.1) is 5.10 Å². The predicted molar refractivity (Wildman–Crippen MR) is 54.1 cm³/mol. The molecule has 0 saturated carbocycles. The summed E-state index contributed by atoms with van der Waals surface area (Å²) in [6.45, 7) is -1.23. The maximum absolute atomic E-state index is 12.1. The number of hydrogen-bond acceptors (Lipinski definition) is 5. The molecule has 19 heavy (non-hydrogen) atoms. The fourth-order valence-electron chi connectivity index (χ4n) is 1.37. The number of nitro groups is 1. The summed E-state index contributed by atoms with van der Waals surface area (Å²) in [5.41, 5.74) is 0.0185. The minimum absolute atomic E-state index is 0.00565. The van der Waals surface area contributed by atoms with Gasteiger partial charge in [0.15, 0.2) is 0 Å². The molecule has 8 nitrogen and oxygen atoms in total. The van der Waals surface area contributed by atoms with Crippen LogP contribution in [-0.2, 0) is 13.1 Å². The van der Waals surface area contributed by atoms with E-state index in [0.29, 0.717) is 4.68 Å². The van der Waals surface area contributed by atoms with Crippen molar-refractivity contribution in [2.45, 2.75) is 19.3 Å².